The molecule has 2 aromatic carbocycles. The van der Waals surface area contributed by atoms with Crippen LogP contribution in [0.3, 0.4) is 0 Å². The van der Waals surface area contributed by atoms with Crippen molar-refractivity contribution in [3.05, 3.63) is 72.2 Å². The molecule has 0 aliphatic rings. The molecule has 1 amide bonds. The van der Waals surface area contributed by atoms with E-state index in [1.54, 1.807) is 12.1 Å². The average Bonchev–Trinajstić information content (AvgIpc) is 3.09. The van der Waals surface area contributed by atoms with Crippen LogP contribution in [0, 0.1) is 20.2 Å². The van der Waals surface area contributed by atoms with Gasteiger partial charge >= 0.3 is 0 Å². The van der Waals surface area contributed by atoms with E-state index in [0.29, 0.717) is 26.7 Å². The maximum atomic E-state index is 12.4. The number of hydrogen-bond donors (Lipinski definition) is 1. The lowest BCUT2D eigenvalue weighted by atomic mass is 10.1. The molecule has 0 spiro atoms. The number of benzene rings is 2. The molecule has 0 atom stereocenters. The minimum absolute atomic E-state index is 0.0682. The van der Waals surface area contributed by atoms with Crippen molar-refractivity contribution in [2.75, 3.05) is 5.32 Å². The number of nitrogens with one attached hydrogen (secondary N) is 1. The van der Waals surface area contributed by atoms with Gasteiger partial charge in [-0.2, -0.15) is 0 Å². The van der Waals surface area contributed by atoms with Crippen LogP contribution in [0.15, 0.2) is 36.4 Å². The van der Waals surface area contributed by atoms with Crippen molar-refractivity contribution in [1.82, 2.24) is 10.2 Å². The lowest BCUT2D eigenvalue weighted by Crippen LogP contribution is -2.14. The van der Waals surface area contributed by atoms with E-state index in [1.165, 1.54) is 6.07 Å². The van der Waals surface area contributed by atoms with Crippen LogP contribution in [0.5, 0.6) is 0 Å². The number of halogens is 2. The number of nitro benzene ring substituents is 2. The van der Waals surface area contributed by atoms with Crippen LogP contribution < -0.4 is 5.32 Å². The summed E-state index contributed by atoms with van der Waals surface area (Å²) in [6.07, 6.45) is 0. The summed E-state index contributed by atoms with van der Waals surface area (Å²) >= 11 is 12.9. The van der Waals surface area contributed by atoms with Crippen LogP contribution >= 0.6 is 34.5 Å². The van der Waals surface area contributed by atoms with Gasteiger partial charge in [-0.15, -0.1) is 10.2 Å². The first-order chi connectivity index (χ1) is 13.3. The molecule has 0 fully saturated rings. The molecule has 28 heavy (non-hydrogen) atoms. The Labute approximate surface area is 170 Å². The fourth-order valence-corrected chi connectivity index (χ4v) is 3.52. The smallest absolute Gasteiger partial charge is 0.289 e. The van der Waals surface area contributed by atoms with E-state index in [1.807, 2.05) is 0 Å². The zero-order chi connectivity index (χ0) is 20.4. The van der Waals surface area contributed by atoms with Crippen molar-refractivity contribution in [2.45, 2.75) is 0 Å². The van der Waals surface area contributed by atoms with Crippen molar-refractivity contribution in [3.63, 3.8) is 0 Å². The largest absolute Gasteiger partial charge is 0.296 e. The van der Waals surface area contributed by atoms with Crippen LogP contribution in [-0.2, 0) is 0 Å². The van der Waals surface area contributed by atoms with Crippen molar-refractivity contribution in [2.24, 2.45) is 0 Å². The number of carbonyl (C=O) groups excluding carboxylic acids is 1. The van der Waals surface area contributed by atoms with Crippen LogP contribution in [0.1, 0.15) is 10.4 Å². The Morgan fingerprint density at radius 3 is 2.43 bits per heavy atom. The standard InChI is InChI=1S/C15H7Cl2N5O5S/c16-7-1-3-9(11(17)5-7)14-19-20-15(28-14)18-13(23)10-4-2-8(21(24)25)6-12(10)22(26)27/h1-6H,(H,18,20,23). The minimum Gasteiger partial charge on any atom is -0.296 e. The maximum Gasteiger partial charge on any atom is 0.289 e. The van der Waals surface area contributed by atoms with Crippen LogP contribution in [0.4, 0.5) is 16.5 Å². The zero-order valence-corrected chi connectivity index (χ0v) is 15.8. The summed E-state index contributed by atoms with van der Waals surface area (Å²) in [6, 6.07) is 7.50. The molecule has 0 saturated carbocycles. The van der Waals surface area contributed by atoms with Gasteiger partial charge in [-0.3, -0.25) is 30.3 Å². The van der Waals surface area contributed by atoms with E-state index >= 15 is 0 Å². The molecule has 1 heterocycles. The number of amides is 1. The van der Waals surface area contributed by atoms with Crippen molar-refractivity contribution < 1.29 is 14.6 Å². The second kappa shape index (κ2) is 7.84. The normalized spacial score (nSPS) is 10.5. The molecule has 3 rings (SSSR count). The molecular formula is C15H7Cl2N5O5S. The number of anilines is 1. The number of nitro groups is 2. The van der Waals surface area contributed by atoms with E-state index in [9.17, 15) is 25.0 Å². The number of non-ortho nitro benzene ring substituents is 1. The quantitative estimate of drug-likeness (QED) is 0.452. The predicted molar refractivity (Wildman–Crippen MR) is 103 cm³/mol. The van der Waals surface area contributed by atoms with Gasteiger partial charge in [0.2, 0.25) is 5.13 Å². The van der Waals surface area contributed by atoms with Gasteiger partial charge in [0.15, 0.2) is 5.01 Å². The first-order valence-corrected chi connectivity index (χ1v) is 8.86. The lowest BCUT2D eigenvalue weighted by Gasteiger charge is -2.02. The van der Waals surface area contributed by atoms with Gasteiger partial charge in [0.1, 0.15) is 5.56 Å². The van der Waals surface area contributed by atoms with Gasteiger partial charge in [0, 0.05) is 16.7 Å². The minimum atomic E-state index is -0.874. The molecule has 0 bridgehead atoms. The molecule has 0 saturated heterocycles. The Morgan fingerprint density at radius 2 is 1.79 bits per heavy atom. The molecule has 0 radical (unpaired) electrons. The van der Waals surface area contributed by atoms with Gasteiger partial charge in [0.05, 0.1) is 20.9 Å². The van der Waals surface area contributed by atoms with Gasteiger partial charge in [0.25, 0.3) is 17.3 Å². The third-order valence-electron chi connectivity index (χ3n) is 3.44. The second-order valence-electron chi connectivity index (χ2n) is 5.21. The fourth-order valence-electron chi connectivity index (χ4n) is 2.19. The van der Waals surface area contributed by atoms with Gasteiger partial charge in [-0.05, 0) is 24.3 Å². The Morgan fingerprint density at radius 1 is 1.04 bits per heavy atom. The fraction of sp³-hybridized carbons (Fsp3) is 0. The molecule has 1 N–H and O–H groups in total. The second-order valence-corrected chi connectivity index (χ2v) is 7.03. The lowest BCUT2D eigenvalue weighted by molar-refractivity contribution is -0.394. The Balaban J connectivity index is 1.87. The van der Waals surface area contributed by atoms with E-state index in [4.69, 9.17) is 23.2 Å². The highest BCUT2D eigenvalue weighted by atomic mass is 35.5. The van der Waals surface area contributed by atoms with E-state index in [-0.39, 0.29) is 10.7 Å². The monoisotopic (exact) mass is 439 g/mol. The van der Waals surface area contributed by atoms with Crippen LogP contribution in [0.25, 0.3) is 10.6 Å². The van der Waals surface area contributed by atoms with Crippen molar-refractivity contribution >= 4 is 57.0 Å². The van der Waals surface area contributed by atoms with Gasteiger partial charge in [-0.25, -0.2) is 0 Å². The van der Waals surface area contributed by atoms with Crippen molar-refractivity contribution in [3.8, 4) is 10.6 Å². The molecule has 0 aliphatic heterocycles. The maximum absolute atomic E-state index is 12.4. The molecule has 0 unspecified atom stereocenters. The summed E-state index contributed by atoms with van der Waals surface area (Å²) in [5, 5.41) is 33.3. The van der Waals surface area contributed by atoms with Crippen LogP contribution in [-0.4, -0.2) is 26.0 Å². The summed E-state index contributed by atoms with van der Waals surface area (Å²) in [5.41, 5.74) is -1.00. The third kappa shape index (κ3) is 4.06. The topological polar surface area (TPSA) is 141 Å². The highest BCUT2D eigenvalue weighted by Gasteiger charge is 2.25. The summed E-state index contributed by atoms with van der Waals surface area (Å²) < 4.78 is 0. The Kier molecular flexibility index (Phi) is 5.49. The molecule has 13 heteroatoms. The van der Waals surface area contributed by atoms with Crippen molar-refractivity contribution in [1.29, 1.82) is 0 Å². The molecule has 10 nitrogen and oxygen atoms in total. The predicted octanol–water partition coefficient (Wildman–Crippen LogP) is 4.58. The molecular weight excluding hydrogens is 433 g/mol. The molecule has 142 valence electrons. The number of aromatic nitrogens is 2. The summed E-state index contributed by atoms with van der Waals surface area (Å²) in [7, 11) is 0. The van der Waals surface area contributed by atoms with Crippen LogP contribution in [0.2, 0.25) is 10.0 Å². The van der Waals surface area contributed by atoms with E-state index in [0.717, 1.165) is 23.5 Å². The highest BCUT2D eigenvalue weighted by Crippen LogP contribution is 2.34. The summed E-state index contributed by atoms with van der Waals surface area (Å²) in [4.78, 5) is 32.7. The molecule has 0 aliphatic carbocycles. The average molecular weight is 440 g/mol. The van der Waals surface area contributed by atoms with Gasteiger partial charge in [-0.1, -0.05) is 34.5 Å². The Hall–Kier alpha value is -3.15. The molecule has 3 aromatic rings. The third-order valence-corrected chi connectivity index (χ3v) is 4.86. The first-order valence-electron chi connectivity index (χ1n) is 7.29. The highest BCUT2D eigenvalue weighted by molar-refractivity contribution is 7.18. The van der Waals surface area contributed by atoms with E-state index in [2.05, 4.69) is 15.5 Å². The zero-order valence-electron chi connectivity index (χ0n) is 13.5. The molecule has 1 aromatic heterocycles. The van der Waals surface area contributed by atoms with Gasteiger partial charge < -0.3 is 0 Å². The van der Waals surface area contributed by atoms with E-state index < -0.39 is 27.1 Å². The number of carbonyl (C=O) groups is 1. The SMILES string of the molecule is O=C(Nc1nnc(-c2ccc(Cl)cc2Cl)s1)c1ccc([N+](=O)[O-])cc1[N+](=O)[O-]. The number of nitrogens with zero attached hydrogens (tertiary/aromatic N) is 4. The number of hydrogen-bond acceptors (Lipinski definition) is 8. The first kappa shape index (κ1) is 19.6. The summed E-state index contributed by atoms with van der Waals surface area (Å²) in [5.74, 6) is -0.855. The number of rotatable bonds is 5. The summed E-state index contributed by atoms with van der Waals surface area (Å²) in [6.45, 7) is 0. The Bertz CT molecular complexity index is 1120.